The first kappa shape index (κ1) is 10.9. The number of hydrogen-bond acceptors (Lipinski definition) is 3. The second-order valence-electron chi connectivity index (χ2n) is 3.06. The van der Waals surface area contributed by atoms with Crippen LogP contribution in [0, 0.1) is 0 Å². The van der Waals surface area contributed by atoms with Crippen LogP contribution in [-0.4, -0.2) is 29.4 Å². The minimum Gasteiger partial charge on any atom is -0.396 e. The van der Waals surface area contributed by atoms with E-state index in [0.717, 1.165) is 0 Å². The van der Waals surface area contributed by atoms with Crippen LogP contribution < -0.4 is 0 Å². The SMILES string of the molecule is CC(C)(CCCO)S(=O)(=O)O. The fourth-order valence-electron chi connectivity index (χ4n) is 0.634. The maximum atomic E-state index is 10.6. The van der Waals surface area contributed by atoms with Gasteiger partial charge in [0.1, 0.15) is 0 Å². The van der Waals surface area contributed by atoms with Crippen molar-refractivity contribution in [3.05, 3.63) is 0 Å². The molecule has 0 rings (SSSR count). The molecule has 0 aliphatic rings. The van der Waals surface area contributed by atoms with Crippen LogP contribution in [0.2, 0.25) is 0 Å². The molecule has 0 saturated heterocycles. The molecular formula is C6H14O4S. The van der Waals surface area contributed by atoms with E-state index >= 15 is 0 Å². The first-order chi connectivity index (χ1) is 4.81. The van der Waals surface area contributed by atoms with Crippen molar-refractivity contribution in [1.82, 2.24) is 0 Å². The normalized spacial score (nSPS) is 13.5. The summed E-state index contributed by atoms with van der Waals surface area (Å²) in [4.78, 5) is 0. The van der Waals surface area contributed by atoms with Crippen LogP contribution in [-0.2, 0) is 10.1 Å². The highest BCUT2D eigenvalue weighted by Gasteiger charge is 2.31. The van der Waals surface area contributed by atoms with Gasteiger partial charge in [-0.3, -0.25) is 4.55 Å². The molecule has 0 radical (unpaired) electrons. The third-order valence-electron chi connectivity index (χ3n) is 1.64. The van der Waals surface area contributed by atoms with E-state index in [1.165, 1.54) is 13.8 Å². The quantitative estimate of drug-likeness (QED) is 0.618. The first-order valence-electron chi connectivity index (χ1n) is 3.39. The molecule has 0 heterocycles. The highest BCUT2D eigenvalue weighted by Crippen LogP contribution is 2.20. The molecule has 0 amide bonds. The molecule has 0 aromatic heterocycles. The molecular weight excluding hydrogens is 168 g/mol. The standard InChI is InChI=1S/C6H14O4S/c1-6(2,4-3-5-7)11(8,9)10/h7H,3-5H2,1-2H3,(H,8,9,10). The van der Waals surface area contributed by atoms with Gasteiger partial charge in [0.25, 0.3) is 10.1 Å². The summed E-state index contributed by atoms with van der Waals surface area (Å²) in [5.74, 6) is 0. The van der Waals surface area contributed by atoms with Crippen LogP contribution in [0.5, 0.6) is 0 Å². The van der Waals surface area contributed by atoms with Gasteiger partial charge in [-0.25, -0.2) is 0 Å². The lowest BCUT2D eigenvalue weighted by atomic mass is 10.1. The zero-order valence-corrected chi connectivity index (χ0v) is 7.56. The second-order valence-corrected chi connectivity index (χ2v) is 5.12. The van der Waals surface area contributed by atoms with E-state index in [4.69, 9.17) is 9.66 Å². The summed E-state index contributed by atoms with van der Waals surface area (Å²) >= 11 is 0. The van der Waals surface area contributed by atoms with Gasteiger partial charge in [-0.15, -0.1) is 0 Å². The van der Waals surface area contributed by atoms with E-state index in [1.54, 1.807) is 0 Å². The highest BCUT2D eigenvalue weighted by molar-refractivity contribution is 7.87. The van der Waals surface area contributed by atoms with Gasteiger partial charge < -0.3 is 5.11 Å². The van der Waals surface area contributed by atoms with E-state index in [2.05, 4.69) is 0 Å². The van der Waals surface area contributed by atoms with Gasteiger partial charge >= 0.3 is 0 Å². The van der Waals surface area contributed by atoms with Crippen molar-refractivity contribution in [2.24, 2.45) is 0 Å². The topological polar surface area (TPSA) is 74.6 Å². The Kier molecular flexibility index (Phi) is 3.47. The van der Waals surface area contributed by atoms with Crippen molar-refractivity contribution in [2.45, 2.75) is 31.4 Å². The van der Waals surface area contributed by atoms with Crippen molar-refractivity contribution in [3.63, 3.8) is 0 Å². The van der Waals surface area contributed by atoms with Gasteiger partial charge in [0, 0.05) is 6.61 Å². The Bertz CT molecular complexity index is 205. The average Bonchev–Trinajstić information content (AvgIpc) is 1.81. The number of hydrogen-bond donors (Lipinski definition) is 2. The monoisotopic (exact) mass is 182 g/mol. The summed E-state index contributed by atoms with van der Waals surface area (Å²) in [7, 11) is -3.99. The molecule has 0 aromatic carbocycles. The van der Waals surface area contributed by atoms with Crippen molar-refractivity contribution in [3.8, 4) is 0 Å². The lowest BCUT2D eigenvalue weighted by molar-refractivity contribution is 0.276. The van der Waals surface area contributed by atoms with E-state index < -0.39 is 14.9 Å². The summed E-state index contributed by atoms with van der Waals surface area (Å²) in [5.41, 5.74) is 0. The van der Waals surface area contributed by atoms with Crippen LogP contribution in [0.25, 0.3) is 0 Å². The summed E-state index contributed by atoms with van der Waals surface area (Å²) in [6.07, 6.45) is 0.648. The summed E-state index contributed by atoms with van der Waals surface area (Å²) in [6, 6.07) is 0. The molecule has 0 bridgehead atoms. The van der Waals surface area contributed by atoms with Gasteiger partial charge in [-0.05, 0) is 26.7 Å². The Morgan fingerprint density at radius 1 is 1.36 bits per heavy atom. The van der Waals surface area contributed by atoms with Gasteiger partial charge in [-0.2, -0.15) is 8.42 Å². The zero-order chi connectivity index (χ0) is 9.12. The van der Waals surface area contributed by atoms with Crippen LogP contribution in [0.1, 0.15) is 26.7 Å². The molecule has 0 atom stereocenters. The maximum absolute atomic E-state index is 10.6. The third kappa shape index (κ3) is 3.18. The van der Waals surface area contributed by atoms with Gasteiger partial charge in [0.2, 0.25) is 0 Å². The van der Waals surface area contributed by atoms with Crippen molar-refractivity contribution in [2.75, 3.05) is 6.61 Å². The number of aliphatic hydroxyl groups is 1. The fourth-order valence-corrected chi connectivity index (χ4v) is 1.04. The van der Waals surface area contributed by atoms with Crippen LogP contribution in [0.4, 0.5) is 0 Å². The molecule has 0 aliphatic carbocycles. The van der Waals surface area contributed by atoms with Crippen molar-refractivity contribution in [1.29, 1.82) is 0 Å². The molecule has 0 unspecified atom stereocenters. The van der Waals surface area contributed by atoms with E-state index in [0.29, 0.717) is 6.42 Å². The molecule has 0 aliphatic heterocycles. The molecule has 0 saturated carbocycles. The van der Waals surface area contributed by atoms with Crippen molar-refractivity contribution < 1.29 is 18.1 Å². The second kappa shape index (κ2) is 3.51. The molecule has 0 aromatic rings. The Labute approximate surface area is 67.0 Å². The lowest BCUT2D eigenvalue weighted by Gasteiger charge is -2.19. The molecule has 5 heteroatoms. The molecule has 68 valence electrons. The summed E-state index contributed by atoms with van der Waals surface area (Å²) < 4.78 is 28.8. The van der Waals surface area contributed by atoms with E-state index in [-0.39, 0.29) is 13.0 Å². The molecule has 0 fully saturated rings. The maximum Gasteiger partial charge on any atom is 0.270 e. The number of aliphatic hydroxyl groups excluding tert-OH is 1. The molecule has 11 heavy (non-hydrogen) atoms. The van der Waals surface area contributed by atoms with Gasteiger partial charge in [0.15, 0.2) is 0 Å². The first-order valence-corrected chi connectivity index (χ1v) is 4.83. The van der Waals surface area contributed by atoms with Crippen LogP contribution in [0.3, 0.4) is 0 Å². The fraction of sp³-hybridized carbons (Fsp3) is 1.00. The lowest BCUT2D eigenvalue weighted by Crippen LogP contribution is -2.31. The average molecular weight is 182 g/mol. The number of rotatable bonds is 4. The van der Waals surface area contributed by atoms with E-state index in [9.17, 15) is 8.42 Å². The summed E-state index contributed by atoms with van der Waals surface area (Å²) in [6.45, 7) is 2.80. The predicted octanol–water partition coefficient (Wildman–Crippen LogP) is 0.425. The van der Waals surface area contributed by atoms with Crippen molar-refractivity contribution >= 4 is 10.1 Å². The van der Waals surface area contributed by atoms with Crippen LogP contribution in [0.15, 0.2) is 0 Å². The zero-order valence-electron chi connectivity index (χ0n) is 6.74. The molecule has 0 spiro atoms. The van der Waals surface area contributed by atoms with Gasteiger partial charge in [-0.1, -0.05) is 0 Å². The Balaban J connectivity index is 4.24. The Morgan fingerprint density at radius 2 is 1.82 bits per heavy atom. The Hall–Kier alpha value is -0.130. The predicted molar refractivity (Wildman–Crippen MR) is 41.9 cm³/mol. The largest absolute Gasteiger partial charge is 0.396 e. The van der Waals surface area contributed by atoms with E-state index in [1.807, 2.05) is 0 Å². The van der Waals surface area contributed by atoms with Gasteiger partial charge in [0.05, 0.1) is 4.75 Å². The Morgan fingerprint density at radius 3 is 2.09 bits per heavy atom. The minimum absolute atomic E-state index is 0.0566. The molecule has 4 nitrogen and oxygen atoms in total. The minimum atomic E-state index is -3.99. The third-order valence-corrected chi connectivity index (χ3v) is 3.24. The summed E-state index contributed by atoms with van der Waals surface area (Å²) in [5, 5.41) is 8.42. The van der Waals surface area contributed by atoms with Crippen LogP contribution >= 0.6 is 0 Å². The molecule has 2 N–H and O–H groups in total. The highest BCUT2D eigenvalue weighted by atomic mass is 32.2. The smallest absolute Gasteiger partial charge is 0.270 e.